The second-order valence-electron chi connectivity index (χ2n) is 5.11. The van der Waals surface area contributed by atoms with E-state index in [0.717, 1.165) is 37.2 Å². The molecule has 0 spiro atoms. The zero-order chi connectivity index (χ0) is 14.8. The molecule has 0 unspecified atom stereocenters. The molecule has 6 heteroatoms. The molecule has 0 aliphatic carbocycles. The van der Waals surface area contributed by atoms with E-state index < -0.39 is 0 Å². The first-order valence-corrected chi connectivity index (χ1v) is 6.96. The molecule has 1 aromatic carbocycles. The van der Waals surface area contributed by atoms with Crippen molar-refractivity contribution in [3.63, 3.8) is 0 Å². The lowest BCUT2D eigenvalue weighted by Gasteiger charge is -2.09. The highest BCUT2D eigenvalue weighted by Crippen LogP contribution is 2.19. The van der Waals surface area contributed by atoms with Crippen molar-refractivity contribution in [3.8, 4) is 11.8 Å². The molecule has 0 atom stereocenters. The number of aryl methyl sites for hydroxylation is 1. The maximum Gasteiger partial charge on any atom is 0.346 e. The van der Waals surface area contributed by atoms with E-state index in [9.17, 15) is 4.79 Å². The standard InChI is InChI=1S/C15H16N4O2/c1-21-13-8-11(5-6-12(13)9-16)10-19-15(20)18-7-3-2-4-14(18)17-19/h5-6,8H,2-4,7,10H2,1H3. The molecule has 1 aliphatic heterocycles. The van der Waals surface area contributed by atoms with Crippen molar-refractivity contribution < 1.29 is 4.74 Å². The number of nitriles is 1. The van der Waals surface area contributed by atoms with Crippen molar-refractivity contribution in [2.24, 2.45) is 0 Å². The Morgan fingerprint density at radius 1 is 1.43 bits per heavy atom. The van der Waals surface area contributed by atoms with E-state index in [2.05, 4.69) is 11.2 Å². The molecule has 2 heterocycles. The van der Waals surface area contributed by atoms with Crippen LogP contribution in [0.1, 0.15) is 29.8 Å². The van der Waals surface area contributed by atoms with Crippen molar-refractivity contribution in [2.45, 2.75) is 32.4 Å². The molecule has 0 bridgehead atoms. The molecule has 0 fully saturated rings. The fourth-order valence-corrected chi connectivity index (χ4v) is 2.65. The van der Waals surface area contributed by atoms with Gasteiger partial charge in [0.25, 0.3) is 0 Å². The Bertz CT molecular complexity index is 767. The Balaban J connectivity index is 1.92. The van der Waals surface area contributed by atoms with Crippen LogP contribution in [0.5, 0.6) is 5.75 Å². The van der Waals surface area contributed by atoms with Gasteiger partial charge in [-0.2, -0.15) is 10.4 Å². The van der Waals surface area contributed by atoms with Crippen molar-refractivity contribution in [1.29, 1.82) is 5.26 Å². The Morgan fingerprint density at radius 3 is 3.00 bits per heavy atom. The summed E-state index contributed by atoms with van der Waals surface area (Å²) in [6.45, 7) is 1.14. The second kappa shape index (κ2) is 5.44. The normalized spacial score (nSPS) is 13.5. The van der Waals surface area contributed by atoms with Crippen molar-refractivity contribution in [3.05, 3.63) is 45.6 Å². The maximum absolute atomic E-state index is 12.3. The molecule has 0 amide bonds. The van der Waals surface area contributed by atoms with E-state index in [0.29, 0.717) is 17.9 Å². The summed E-state index contributed by atoms with van der Waals surface area (Å²) in [4.78, 5) is 12.3. The minimum Gasteiger partial charge on any atom is -0.495 e. The van der Waals surface area contributed by atoms with Gasteiger partial charge in [-0.25, -0.2) is 9.48 Å². The highest BCUT2D eigenvalue weighted by atomic mass is 16.5. The zero-order valence-electron chi connectivity index (χ0n) is 11.9. The van der Waals surface area contributed by atoms with Gasteiger partial charge in [0.2, 0.25) is 0 Å². The third-order valence-electron chi connectivity index (χ3n) is 3.75. The van der Waals surface area contributed by atoms with Crippen LogP contribution in [0.2, 0.25) is 0 Å². The maximum atomic E-state index is 12.3. The first kappa shape index (κ1) is 13.4. The predicted molar refractivity (Wildman–Crippen MR) is 76.2 cm³/mol. The molecule has 1 aliphatic rings. The number of methoxy groups -OCH3 is 1. The van der Waals surface area contributed by atoms with Crippen molar-refractivity contribution in [1.82, 2.24) is 14.3 Å². The number of fused-ring (bicyclic) bond motifs is 1. The fraction of sp³-hybridized carbons (Fsp3) is 0.400. The van der Waals surface area contributed by atoms with Crippen LogP contribution in [-0.4, -0.2) is 21.5 Å². The molecular weight excluding hydrogens is 268 g/mol. The second-order valence-corrected chi connectivity index (χ2v) is 5.11. The number of aromatic nitrogens is 3. The Morgan fingerprint density at radius 2 is 2.29 bits per heavy atom. The average molecular weight is 284 g/mol. The Labute approximate surface area is 122 Å². The molecule has 2 aromatic rings. The molecule has 0 radical (unpaired) electrons. The van der Waals surface area contributed by atoms with Gasteiger partial charge < -0.3 is 4.74 Å². The molecule has 3 rings (SSSR count). The third-order valence-corrected chi connectivity index (χ3v) is 3.75. The molecule has 0 N–H and O–H groups in total. The first-order valence-electron chi connectivity index (χ1n) is 6.96. The summed E-state index contributed by atoms with van der Waals surface area (Å²) in [7, 11) is 1.53. The van der Waals surface area contributed by atoms with Crippen molar-refractivity contribution >= 4 is 0 Å². The van der Waals surface area contributed by atoms with Gasteiger partial charge in [-0.1, -0.05) is 6.07 Å². The lowest BCUT2D eigenvalue weighted by Crippen LogP contribution is -2.27. The van der Waals surface area contributed by atoms with Crippen LogP contribution in [-0.2, 0) is 19.5 Å². The fourth-order valence-electron chi connectivity index (χ4n) is 2.65. The summed E-state index contributed by atoms with van der Waals surface area (Å²) in [5.41, 5.74) is 1.31. The van der Waals surface area contributed by atoms with Gasteiger partial charge in [0.05, 0.1) is 19.2 Å². The number of benzene rings is 1. The van der Waals surface area contributed by atoms with E-state index in [1.807, 2.05) is 6.07 Å². The van der Waals surface area contributed by atoms with E-state index in [-0.39, 0.29) is 5.69 Å². The molecule has 0 saturated heterocycles. The third kappa shape index (κ3) is 2.42. The predicted octanol–water partition coefficient (Wildman–Crippen LogP) is 1.31. The first-order chi connectivity index (χ1) is 10.2. The number of hydrogen-bond acceptors (Lipinski definition) is 4. The minimum atomic E-state index is -0.0620. The zero-order valence-corrected chi connectivity index (χ0v) is 11.9. The summed E-state index contributed by atoms with van der Waals surface area (Å²) in [6, 6.07) is 7.39. The van der Waals surface area contributed by atoms with Crippen LogP contribution >= 0.6 is 0 Å². The number of hydrogen-bond donors (Lipinski definition) is 0. The number of ether oxygens (including phenoxy) is 1. The van der Waals surface area contributed by atoms with Crippen LogP contribution < -0.4 is 10.4 Å². The average Bonchev–Trinajstić information content (AvgIpc) is 2.84. The lowest BCUT2D eigenvalue weighted by molar-refractivity contribution is 0.412. The van der Waals surface area contributed by atoms with Gasteiger partial charge >= 0.3 is 5.69 Å². The monoisotopic (exact) mass is 284 g/mol. The summed E-state index contributed by atoms with van der Waals surface area (Å²) in [5, 5.41) is 13.4. The minimum absolute atomic E-state index is 0.0620. The van der Waals surface area contributed by atoms with Crippen LogP contribution in [0.4, 0.5) is 0 Å². The van der Waals surface area contributed by atoms with Crippen LogP contribution in [0.25, 0.3) is 0 Å². The van der Waals surface area contributed by atoms with E-state index in [1.165, 1.54) is 11.8 Å². The highest BCUT2D eigenvalue weighted by molar-refractivity contribution is 5.45. The van der Waals surface area contributed by atoms with E-state index in [1.54, 1.807) is 16.7 Å². The van der Waals surface area contributed by atoms with Gasteiger partial charge in [-0.15, -0.1) is 0 Å². The topological polar surface area (TPSA) is 72.8 Å². The molecule has 0 saturated carbocycles. The number of nitrogens with zero attached hydrogens (tertiary/aromatic N) is 4. The lowest BCUT2D eigenvalue weighted by atomic mass is 10.1. The molecule has 108 valence electrons. The molecular formula is C15H16N4O2. The molecule has 6 nitrogen and oxygen atoms in total. The van der Waals surface area contributed by atoms with Gasteiger partial charge in [-0.05, 0) is 30.5 Å². The summed E-state index contributed by atoms with van der Waals surface area (Å²) >= 11 is 0. The van der Waals surface area contributed by atoms with Gasteiger partial charge in [-0.3, -0.25) is 4.57 Å². The Kier molecular flexibility index (Phi) is 3.48. The van der Waals surface area contributed by atoms with E-state index in [4.69, 9.17) is 10.00 Å². The highest BCUT2D eigenvalue weighted by Gasteiger charge is 2.16. The SMILES string of the molecule is COc1cc(Cn2nc3n(c2=O)CCCC3)ccc1C#N. The quantitative estimate of drug-likeness (QED) is 0.852. The summed E-state index contributed by atoms with van der Waals surface area (Å²) in [5.74, 6) is 1.39. The largest absolute Gasteiger partial charge is 0.495 e. The van der Waals surface area contributed by atoms with Crippen molar-refractivity contribution in [2.75, 3.05) is 7.11 Å². The summed E-state index contributed by atoms with van der Waals surface area (Å²) in [6.07, 6.45) is 2.98. The van der Waals surface area contributed by atoms with Gasteiger partial charge in [0.1, 0.15) is 17.6 Å². The van der Waals surface area contributed by atoms with Crippen LogP contribution in [0.3, 0.4) is 0 Å². The van der Waals surface area contributed by atoms with Gasteiger partial charge in [0.15, 0.2) is 0 Å². The summed E-state index contributed by atoms with van der Waals surface area (Å²) < 4.78 is 8.43. The van der Waals surface area contributed by atoms with Crippen LogP contribution in [0.15, 0.2) is 23.0 Å². The Hall–Kier alpha value is -2.55. The van der Waals surface area contributed by atoms with Crippen LogP contribution in [0, 0.1) is 11.3 Å². The van der Waals surface area contributed by atoms with E-state index >= 15 is 0 Å². The van der Waals surface area contributed by atoms with Gasteiger partial charge in [0, 0.05) is 13.0 Å². The smallest absolute Gasteiger partial charge is 0.346 e. The number of rotatable bonds is 3. The molecule has 21 heavy (non-hydrogen) atoms. The molecule has 1 aromatic heterocycles.